The van der Waals surface area contributed by atoms with Gasteiger partial charge in [0.2, 0.25) is 0 Å². The lowest BCUT2D eigenvalue weighted by molar-refractivity contribution is 0.356. The van der Waals surface area contributed by atoms with Crippen LogP contribution in [0, 0.1) is 5.92 Å². The standard InChI is InChI=1S/C32H29N3/c1-22(2)25-20-32(33,26-18-16-24(17-19-26)23-10-4-3-5-11-23)31(34-21-25)35-29-14-8-6-12-27(29)28-13-7-9-15-30(28)35/h3-22,31H,33H2,1-2H3. The number of nitrogens with zero attached hydrogens (tertiary/aromatic N) is 2. The Morgan fingerprint density at radius 2 is 1.26 bits per heavy atom. The predicted molar refractivity (Wildman–Crippen MR) is 148 cm³/mol. The summed E-state index contributed by atoms with van der Waals surface area (Å²) in [5.41, 5.74) is 13.5. The lowest BCUT2D eigenvalue weighted by Crippen LogP contribution is -2.45. The number of rotatable bonds is 4. The minimum atomic E-state index is -0.797. The van der Waals surface area contributed by atoms with E-state index in [0.29, 0.717) is 5.92 Å². The van der Waals surface area contributed by atoms with Crippen LogP contribution in [-0.2, 0) is 5.54 Å². The first-order valence-electron chi connectivity index (χ1n) is 12.2. The van der Waals surface area contributed by atoms with Crippen LogP contribution in [0.15, 0.2) is 120 Å². The Morgan fingerprint density at radius 3 is 1.86 bits per heavy atom. The summed E-state index contributed by atoms with van der Waals surface area (Å²) < 4.78 is 2.32. The summed E-state index contributed by atoms with van der Waals surface area (Å²) >= 11 is 0. The molecule has 1 aromatic heterocycles. The highest BCUT2D eigenvalue weighted by molar-refractivity contribution is 6.08. The van der Waals surface area contributed by atoms with Gasteiger partial charge in [0.1, 0.15) is 5.54 Å². The Kier molecular flexibility index (Phi) is 5.16. The zero-order valence-corrected chi connectivity index (χ0v) is 20.1. The molecule has 0 bridgehead atoms. The first kappa shape index (κ1) is 21.6. The highest BCUT2D eigenvalue weighted by Crippen LogP contribution is 2.43. The van der Waals surface area contributed by atoms with Crippen molar-refractivity contribution in [1.82, 2.24) is 4.57 Å². The molecule has 1 aliphatic heterocycles. The molecule has 0 amide bonds. The zero-order valence-electron chi connectivity index (χ0n) is 20.1. The van der Waals surface area contributed by atoms with Gasteiger partial charge in [0.15, 0.2) is 6.17 Å². The van der Waals surface area contributed by atoms with Gasteiger partial charge >= 0.3 is 0 Å². The molecule has 5 aromatic rings. The first-order chi connectivity index (χ1) is 17.1. The molecule has 2 heterocycles. The van der Waals surface area contributed by atoms with Gasteiger partial charge in [-0.15, -0.1) is 0 Å². The smallest absolute Gasteiger partial charge is 0.151 e. The average molecular weight is 456 g/mol. The quantitative estimate of drug-likeness (QED) is 0.300. The Morgan fingerprint density at radius 1 is 0.714 bits per heavy atom. The Labute approximate surface area is 206 Å². The fraction of sp³-hybridized carbons (Fsp3) is 0.156. The van der Waals surface area contributed by atoms with E-state index in [1.54, 1.807) is 0 Å². The van der Waals surface area contributed by atoms with Crippen LogP contribution in [-0.4, -0.2) is 10.8 Å². The molecule has 3 heteroatoms. The molecule has 0 aliphatic carbocycles. The van der Waals surface area contributed by atoms with Crippen molar-refractivity contribution < 1.29 is 0 Å². The number of nitrogens with two attached hydrogens (primary N) is 1. The summed E-state index contributed by atoms with van der Waals surface area (Å²) in [6.45, 7) is 4.38. The van der Waals surface area contributed by atoms with Crippen LogP contribution in [0.2, 0.25) is 0 Å². The summed E-state index contributed by atoms with van der Waals surface area (Å²) in [4.78, 5) is 5.13. The first-order valence-corrected chi connectivity index (χ1v) is 12.2. The largest absolute Gasteiger partial charge is 0.315 e. The van der Waals surface area contributed by atoms with E-state index in [1.165, 1.54) is 21.9 Å². The summed E-state index contributed by atoms with van der Waals surface area (Å²) in [7, 11) is 0. The van der Waals surface area contributed by atoms with Crippen LogP contribution in [0.25, 0.3) is 32.9 Å². The Balaban J connectivity index is 1.55. The monoisotopic (exact) mass is 455 g/mol. The number of dihydropyridines is 1. The van der Waals surface area contributed by atoms with E-state index in [9.17, 15) is 0 Å². The summed E-state index contributed by atoms with van der Waals surface area (Å²) in [6, 6.07) is 36.2. The molecule has 2 atom stereocenters. The number of benzene rings is 4. The molecule has 172 valence electrons. The lowest BCUT2D eigenvalue weighted by Gasteiger charge is -2.38. The fourth-order valence-electron chi connectivity index (χ4n) is 5.29. The summed E-state index contributed by atoms with van der Waals surface area (Å²) in [5.74, 6) is 0.337. The minimum absolute atomic E-state index is 0.308. The molecule has 0 radical (unpaired) electrons. The normalized spacial score (nSPS) is 20.0. The minimum Gasteiger partial charge on any atom is -0.315 e. The van der Waals surface area contributed by atoms with Crippen LogP contribution < -0.4 is 5.73 Å². The number of fused-ring (bicyclic) bond motifs is 3. The van der Waals surface area contributed by atoms with Gasteiger partial charge in [0, 0.05) is 17.0 Å². The Bertz CT molecular complexity index is 1520. The SMILES string of the molecule is CC(C)C1=CC(N)(c2ccc(-c3ccccc3)cc2)C(n2c3ccccc3c3ccccc32)N=C1. The molecule has 3 nitrogen and oxygen atoms in total. The van der Waals surface area contributed by atoms with E-state index >= 15 is 0 Å². The molecule has 2 unspecified atom stereocenters. The van der Waals surface area contributed by atoms with E-state index in [4.69, 9.17) is 10.7 Å². The number of allylic oxidation sites excluding steroid dienone is 1. The lowest BCUT2D eigenvalue weighted by atomic mass is 9.81. The van der Waals surface area contributed by atoms with Gasteiger partial charge in [0.05, 0.1) is 11.0 Å². The Hall–Kier alpha value is -3.95. The van der Waals surface area contributed by atoms with Crippen molar-refractivity contribution in [3.05, 3.63) is 120 Å². The van der Waals surface area contributed by atoms with Crippen molar-refractivity contribution in [2.45, 2.75) is 25.6 Å². The molecular formula is C32H29N3. The van der Waals surface area contributed by atoms with E-state index in [1.807, 2.05) is 12.3 Å². The molecule has 0 saturated carbocycles. The number of aliphatic imine (C=N–C) groups is 1. The predicted octanol–water partition coefficient (Wildman–Crippen LogP) is 7.48. The van der Waals surface area contributed by atoms with Crippen molar-refractivity contribution in [3.8, 4) is 11.1 Å². The third-order valence-corrected chi connectivity index (χ3v) is 7.22. The third kappa shape index (κ3) is 3.51. The van der Waals surface area contributed by atoms with Gasteiger partial charge in [-0.3, -0.25) is 4.99 Å². The molecule has 4 aromatic carbocycles. The number of para-hydroxylation sites is 2. The topological polar surface area (TPSA) is 43.3 Å². The van der Waals surface area contributed by atoms with Gasteiger partial charge in [-0.25, -0.2) is 0 Å². The van der Waals surface area contributed by atoms with Crippen LogP contribution in [0.1, 0.15) is 25.6 Å². The number of hydrogen-bond donors (Lipinski definition) is 1. The second-order valence-corrected chi connectivity index (χ2v) is 9.73. The van der Waals surface area contributed by atoms with E-state index in [0.717, 1.165) is 22.2 Å². The molecule has 1 aliphatic rings. The molecule has 2 N–H and O–H groups in total. The fourth-order valence-corrected chi connectivity index (χ4v) is 5.29. The molecule has 0 saturated heterocycles. The summed E-state index contributed by atoms with van der Waals surface area (Å²) in [5, 5.41) is 2.44. The zero-order chi connectivity index (χ0) is 24.0. The van der Waals surface area contributed by atoms with Gasteiger partial charge in [0.25, 0.3) is 0 Å². The van der Waals surface area contributed by atoms with Crippen molar-refractivity contribution in [3.63, 3.8) is 0 Å². The molecule has 35 heavy (non-hydrogen) atoms. The summed E-state index contributed by atoms with van der Waals surface area (Å²) in [6.07, 6.45) is 3.94. The van der Waals surface area contributed by atoms with Gasteiger partial charge in [-0.2, -0.15) is 0 Å². The van der Waals surface area contributed by atoms with Gasteiger partial charge < -0.3 is 10.3 Å². The molecular weight excluding hydrogens is 426 g/mol. The van der Waals surface area contributed by atoms with Crippen LogP contribution in [0.5, 0.6) is 0 Å². The van der Waals surface area contributed by atoms with E-state index in [2.05, 4.69) is 122 Å². The van der Waals surface area contributed by atoms with Crippen molar-refractivity contribution in [2.24, 2.45) is 16.6 Å². The van der Waals surface area contributed by atoms with Crippen molar-refractivity contribution in [2.75, 3.05) is 0 Å². The van der Waals surface area contributed by atoms with Crippen LogP contribution in [0.4, 0.5) is 0 Å². The van der Waals surface area contributed by atoms with Crippen LogP contribution in [0.3, 0.4) is 0 Å². The van der Waals surface area contributed by atoms with Crippen molar-refractivity contribution >= 4 is 28.0 Å². The highest BCUT2D eigenvalue weighted by Gasteiger charge is 2.40. The maximum absolute atomic E-state index is 7.40. The second kappa shape index (κ2) is 8.37. The molecule has 6 rings (SSSR count). The molecule has 0 spiro atoms. The highest BCUT2D eigenvalue weighted by atomic mass is 15.2. The average Bonchev–Trinajstić information content (AvgIpc) is 3.23. The number of hydrogen-bond acceptors (Lipinski definition) is 2. The maximum atomic E-state index is 7.40. The van der Waals surface area contributed by atoms with Crippen LogP contribution >= 0.6 is 0 Å². The molecule has 0 fully saturated rings. The number of aromatic nitrogens is 1. The second-order valence-electron chi connectivity index (χ2n) is 9.73. The van der Waals surface area contributed by atoms with Gasteiger partial charge in [-0.1, -0.05) is 111 Å². The third-order valence-electron chi connectivity index (χ3n) is 7.22. The van der Waals surface area contributed by atoms with Crippen molar-refractivity contribution in [1.29, 1.82) is 0 Å². The van der Waals surface area contributed by atoms with E-state index < -0.39 is 5.54 Å². The van der Waals surface area contributed by atoms with E-state index in [-0.39, 0.29) is 6.17 Å². The maximum Gasteiger partial charge on any atom is 0.151 e. The van der Waals surface area contributed by atoms with Gasteiger partial charge in [-0.05, 0) is 40.3 Å².